The molecule has 0 aromatic heterocycles. The van der Waals surface area contributed by atoms with Crippen molar-refractivity contribution in [2.24, 2.45) is 17.3 Å². The van der Waals surface area contributed by atoms with Crippen molar-refractivity contribution in [3.8, 4) is 0 Å². The normalized spacial score (nSPS) is 24.3. The van der Waals surface area contributed by atoms with Crippen LogP contribution in [-0.2, 0) is 14.4 Å². The summed E-state index contributed by atoms with van der Waals surface area (Å²) >= 11 is 0. The fraction of sp³-hybridized carbons (Fsp3) is 0.800. The standard InChI is InChI=1S/C22H37N3O4.C3H8/c1-14(21(28)29)10-11-25(5)20(27)18(22(2,3)4)24-19(26)17-12-15-8-6-7-9-16(15)13-23-17;1-3-2/h10,15-18,23H,6-9,11-13H2,1-5H3,(H,24,26)(H,28,29);3H2,1-2H3/b14-10+;. The Hall–Kier alpha value is -1.89. The lowest BCUT2D eigenvalue weighted by molar-refractivity contribution is -0.139. The molecular weight excluding hydrogens is 406 g/mol. The number of carbonyl (C=O) groups excluding carboxylic acids is 2. The number of amides is 2. The van der Waals surface area contributed by atoms with Gasteiger partial charge >= 0.3 is 5.97 Å². The van der Waals surface area contributed by atoms with E-state index in [-0.39, 0.29) is 30.0 Å². The number of carbonyl (C=O) groups is 3. The van der Waals surface area contributed by atoms with Crippen LogP contribution < -0.4 is 10.6 Å². The topological polar surface area (TPSA) is 98.7 Å². The highest BCUT2D eigenvalue weighted by molar-refractivity contribution is 5.90. The van der Waals surface area contributed by atoms with Gasteiger partial charge in [0.15, 0.2) is 0 Å². The number of carboxylic acids is 1. The van der Waals surface area contributed by atoms with Crippen LogP contribution in [0.3, 0.4) is 0 Å². The smallest absolute Gasteiger partial charge is 0.331 e. The lowest BCUT2D eigenvalue weighted by atomic mass is 9.73. The van der Waals surface area contributed by atoms with Gasteiger partial charge in [-0.15, -0.1) is 0 Å². The van der Waals surface area contributed by atoms with Crippen molar-refractivity contribution in [2.75, 3.05) is 20.1 Å². The molecule has 3 N–H and O–H groups in total. The molecule has 0 spiro atoms. The number of likely N-dealkylation sites (N-methyl/N-ethyl adjacent to an activating group) is 1. The van der Waals surface area contributed by atoms with Crippen LogP contribution in [0.1, 0.15) is 80.1 Å². The van der Waals surface area contributed by atoms with Crippen molar-refractivity contribution in [1.29, 1.82) is 0 Å². The largest absolute Gasteiger partial charge is 0.478 e. The fourth-order valence-corrected chi connectivity index (χ4v) is 4.31. The summed E-state index contributed by atoms with van der Waals surface area (Å²) in [6, 6.07) is -0.934. The van der Waals surface area contributed by atoms with E-state index >= 15 is 0 Å². The van der Waals surface area contributed by atoms with Gasteiger partial charge in [-0.1, -0.05) is 66.4 Å². The van der Waals surface area contributed by atoms with Crippen LogP contribution in [0.4, 0.5) is 0 Å². The van der Waals surface area contributed by atoms with E-state index in [1.54, 1.807) is 7.05 Å². The Labute approximate surface area is 194 Å². The van der Waals surface area contributed by atoms with Crippen LogP contribution in [0.5, 0.6) is 0 Å². The molecule has 2 amide bonds. The summed E-state index contributed by atoms with van der Waals surface area (Å²) in [5.74, 6) is -0.0740. The molecule has 0 aromatic carbocycles. The van der Waals surface area contributed by atoms with Crippen molar-refractivity contribution in [2.45, 2.75) is 92.2 Å². The Bertz CT molecular complexity index is 669. The predicted octanol–water partition coefficient (Wildman–Crippen LogP) is 3.59. The minimum Gasteiger partial charge on any atom is -0.478 e. The van der Waals surface area contributed by atoms with E-state index in [1.165, 1.54) is 50.0 Å². The summed E-state index contributed by atoms with van der Waals surface area (Å²) in [5.41, 5.74) is -0.274. The van der Waals surface area contributed by atoms with Crippen LogP contribution in [-0.4, -0.2) is 60.0 Å². The number of nitrogens with one attached hydrogen (secondary N) is 2. The highest BCUT2D eigenvalue weighted by Crippen LogP contribution is 2.35. The Kier molecular flexibility index (Phi) is 11.4. The van der Waals surface area contributed by atoms with Gasteiger partial charge in [-0.2, -0.15) is 0 Å². The zero-order chi connectivity index (χ0) is 24.5. The molecule has 2 rings (SSSR count). The lowest BCUT2D eigenvalue weighted by Crippen LogP contribution is -2.59. The number of hydrogen-bond donors (Lipinski definition) is 3. The average molecular weight is 452 g/mol. The second kappa shape index (κ2) is 13.0. The average Bonchev–Trinajstić information content (AvgIpc) is 2.74. The Balaban J connectivity index is 0.00000161. The molecule has 4 unspecified atom stereocenters. The van der Waals surface area contributed by atoms with Gasteiger partial charge in [-0.3, -0.25) is 9.59 Å². The minimum atomic E-state index is -1.00. The summed E-state index contributed by atoms with van der Waals surface area (Å²) in [6.45, 7) is 12.6. The molecule has 1 aliphatic carbocycles. The quantitative estimate of drug-likeness (QED) is 0.536. The van der Waals surface area contributed by atoms with Crippen LogP contribution in [0, 0.1) is 17.3 Å². The first-order valence-electron chi connectivity index (χ1n) is 12.1. The van der Waals surface area contributed by atoms with Gasteiger partial charge in [0.25, 0.3) is 0 Å². The highest BCUT2D eigenvalue weighted by Gasteiger charge is 2.39. The van der Waals surface area contributed by atoms with Crippen LogP contribution in [0.2, 0.25) is 0 Å². The first-order chi connectivity index (χ1) is 14.9. The lowest BCUT2D eigenvalue weighted by Gasteiger charge is -2.40. The number of carboxylic acid groups (broad SMARTS) is 1. The summed E-state index contributed by atoms with van der Waals surface area (Å²) in [4.78, 5) is 38.4. The third-order valence-electron chi connectivity index (χ3n) is 6.33. The number of fused-ring (bicyclic) bond motifs is 1. The molecule has 4 atom stereocenters. The number of aliphatic carboxylic acids is 1. The van der Waals surface area contributed by atoms with Gasteiger partial charge in [0.2, 0.25) is 11.8 Å². The predicted molar refractivity (Wildman–Crippen MR) is 128 cm³/mol. The minimum absolute atomic E-state index is 0.118. The van der Waals surface area contributed by atoms with Gasteiger partial charge in [0, 0.05) is 19.2 Å². The Morgan fingerprint density at radius 2 is 1.72 bits per heavy atom. The van der Waals surface area contributed by atoms with Gasteiger partial charge in [0.1, 0.15) is 6.04 Å². The zero-order valence-electron chi connectivity index (χ0n) is 21.2. The van der Waals surface area contributed by atoms with Crippen LogP contribution in [0.25, 0.3) is 0 Å². The first-order valence-corrected chi connectivity index (χ1v) is 12.1. The maximum atomic E-state index is 13.0. The Morgan fingerprint density at radius 1 is 1.16 bits per heavy atom. The molecule has 32 heavy (non-hydrogen) atoms. The zero-order valence-corrected chi connectivity index (χ0v) is 21.2. The molecule has 1 saturated heterocycles. The van der Waals surface area contributed by atoms with E-state index in [1.807, 2.05) is 20.8 Å². The van der Waals surface area contributed by atoms with Gasteiger partial charge in [-0.05, 0) is 43.6 Å². The van der Waals surface area contributed by atoms with Crippen molar-refractivity contribution >= 4 is 17.8 Å². The van der Waals surface area contributed by atoms with Gasteiger partial charge in [-0.25, -0.2) is 4.79 Å². The van der Waals surface area contributed by atoms with E-state index in [4.69, 9.17) is 5.11 Å². The molecule has 1 heterocycles. The molecule has 0 bridgehead atoms. The molecule has 184 valence electrons. The van der Waals surface area contributed by atoms with E-state index in [2.05, 4.69) is 24.5 Å². The molecule has 7 nitrogen and oxygen atoms in total. The molecule has 2 fully saturated rings. The van der Waals surface area contributed by atoms with E-state index in [0.717, 1.165) is 13.0 Å². The van der Waals surface area contributed by atoms with Gasteiger partial charge < -0.3 is 20.6 Å². The number of piperidine rings is 1. The van der Waals surface area contributed by atoms with Crippen LogP contribution in [0.15, 0.2) is 11.6 Å². The summed E-state index contributed by atoms with van der Waals surface area (Å²) < 4.78 is 0. The van der Waals surface area contributed by atoms with E-state index in [9.17, 15) is 14.4 Å². The second-order valence-electron chi connectivity index (χ2n) is 10.4. The highest BCUT2D eigenvalue weighted by atomic mass is 16.4. The second-order valence-corrected chi connectivity index (χ2v) is 10.4. The number of hydrogen-bond acceptors (Lipinski definition) is 4. The van der Waals surface area contributed by atoms with Gasteiger partial charge in [0.05, 0.1) is 6.04 Å². The fourth-order valence-electron chi connectivity index (χ4n) is 4.31. The first kappa shape index (κ1) is 28.1. The monoisotopic (exact) mass is 451 g/mol. The van der Waals surface area contributed by atoms with Crippen molar-refractivity contribution in [3.05, 3.63) is 11.6 Å². The molecule has 7 heteroatoms. The van der Waals surface area contributed by atoms with Crippen molar-refractivity contribution in [1.82, 2.24) is 15.5 Å². The summed E-state index contributed by atoms with van der Waals surface area (Å²) in [5, 5.41) is 15.3. The molecule has 1 saturated carbocycles. The van der Waals surface area contributed by atoms with E-state index in [0.29, 0.717) is 11.8 Å². The maximum Gasteiger partial charge on any atom is 0.331 e. The number of rotatable bonds is 6. The molecule has 0 radical (unpaired) electrons. The number of nitrogens with zero attached hydrogens (tertiary/aromatic N) is 1. The summed E-state index contributed by atoms with van der Waals surface area (Å²) in [6.07, 6.45) is 8.54. The van der Waals surface area contributed by atoms with Crippen molar-refractivity contribution < 1.29 is 19.5 Å². The van der Waals surface area contributed by atoms with E-state index < -0.39 is 17.4 Å². The third kappa shape index (κ3) is 8.57. The SMILES string of the molecule is C/C(=C\CN(C)C(=O)C(NC(=O)C1CC2CCCCC2CN1)C(C)(C)C)C(=O)O.CCC. The van der Waals surface area contributed by atoms with Crippen LogP contribution >= 0.6 is 0 Å². The molecule has 1 aliphatic heterocycles. The third-order valence-corrected chi connectivity index (χ3v) is 6.33. The maximum absolute atomic E-state index is 13.0. The van der Waals surface area contributed by atoms with Crippen molar-refractivity contribution in [3.63, 3.8) is 0 Å². The molecule has 0 aromatic rings. The molecular formula is C25H45N3O4. The Morgan fingerprint density at radius 3 is 2.25 bits per heavy atom. The summed E-state index contributed by atoms with van der Waals surface area (Å²) in [7, 11) is 1.63. The molecule has 2 aliphatic rings.